The van der Waals surface area contributed by atoms with Gasteiger partial charge in [-0.15, -0.1) is 0 Å². The lowest BCUT2D eigenvalue weighted by atomic mass is 9.89. The molecule has 1 aliphatic heterocycles. The summed E-state index contributed by atoms with van der Waals surface area (Å²) < 4.78 is 37.9. The van der Waals surface area contributed by atoms with E-state index in [9.17, 15) is 8.78 Å². The van der Waals surface area contributed by atoms with Crippen molar-refractivity contribution in [1.82, 2.24) is 0 Å². The molecular formula is C14H17BF2O2. The molecule has 1 aromatic carbocycles. The molecule has 2 nitrogen and oxygen atoms in total. The summed E-state index contributed by atoms with van der Waals surface area (Å²) in [6.07, 6.45) is 1.47. The van der Waals surface area contributed by atoms with Crippen LogP contribution in [0.15, 0.2) is 24.2 Å². The van der Waals surface area contributed by atoms with Crippen LogP contribution in [0.4, 0.5) is 8.78 Å². The first kappa shape index (κ1) is 14.2. The SMILES string of the molecule is CC1(C)OB(/C=C/c2cc(F)ccc2F)OC1(C)C. The fourth-order valence-corrected chi connectivity index (χ4v) is 1.79. The van der Waals surface area contributed by atoms with Crippen LogP contribution in [-0.4, -0.2) is 18.3 Å². The Morgan fingerprint density at radius 3 is 2.21 bits per heavy atom. The molecule has 5 heteroatoms. The van der Waals surface area contributed by atoms with Gasteiger partial charge in [-0.05, 0) is 45.9 Å². The second-order valence-corrected chi connectivity index (χ2v) is 5.65. The summed E-state index contributed by atoms with van der Waals surface area (Å²) >= 11 is 0. The van der Waals surface area contributed by atoms with Crippen molar-refractivity contribution in [2.75, 3.05) is 0 Å². The summed E-state index contributed by atoms with van der Waals surface area (Å²) in [5.74, 6) is 0.637. The van der Waals surface area contributed by atoms with Crippen LogP contribution in [0.2, 0.25) is 0 Å². The minimum atomic E-state index is -0.562. The van der Waals surface area contributed by atoms with E-state index >= 15 is 0 Å². The second-order valence-electron chi connectivity index (χ2n) is 5.65. The molecule has 0 aromatic heterocycles. The van der Waals surface area contributed by atoms with Crippen molar-refractivity contribution >= 4 is 13.2 Å². The molecule has 0 atom stereocenters. The predicted octanol–water partition coefficient (Wildman–Crippen LogP) is 3.61. The van der Waals surface area contributed by atoms with E-state index in [1.807, 2.05) is 27.7 Å². The third-order valence-electron chi connectivity index (χ3n) is 3.66. The van der Waals surface area contributed by atoms with E-state index in [2.05, 4.69) is 0 Å². The lowest BCUT2D eigenvalue weighted by molar-refractivity contribution is 0.00578. The van der Waals surface area contributed by atoms with Gasteiger partial charge in [-0.25, -0.2) is 8.78 Å². The Labute approximate surface area is 112 Å². The van der Waals surface area contributed by atoms with E-state index in [0.29, 0.717) is 0 Å². The molecule has 1 fully saturated rings. The molecule has 19 heavy (non-hydrogen) atoms. The Bertz CT molecular complexity index is 496. The quantitative estimate of drug-likeness (QED) is 0.761. The highest BCUT2D eigenvalue weighted by Crippen LogP contribution is 2.37. The van der Waals surface area contributed by atoms with Crippen molar-refractivity contribution in [1.29, 1.82) is 0 Å². The average Bonchev–Trinajstić information content (AvgIpc) is 2.49. The highest BCUT2D eigenvalue weighted by molar-refractivity contribution is 6.52. The first-order valence-corrected chi connectivity index (χ1v) is 6.20. The second kappa shape index (κ2) is 4.73. The third kappa shape index (κ3) is 2.87. The molecule has 1 heterocycles. The van der Waals surface area contributed by atoms with E-state index < -0.39 is 30.0 Å². The molecule has 0 spiro atoms. The highest BCUT2D eigenvalue weighted by atomic mass is 19.1. The highest BCUT2D eigenvalue weighted by Gasteiger charge is 2.49. The molecule has 1 aliphatic rings. The van der Waals surface area contributed by atoms with Crippen molar-refractivity contribution in [2.45, 2.75) is 38.9 Å². The van der Waals surface area contributed by atoms with Gasteiger partial charge >= 0.3 is 7.12 Å². The number of benzene rings is 1. The zero-order chi connectivity index (χ0) is 14.3. The van der Waals surface area contributed by atoms with Gasteiger partial charge in [0.1, 0.15) is 11.6 Å². The summed E-state index contributed by atoms with van der Waals surface area (Å²) in [5, 5.41) is 0. The maximum Gasteiger partial charge on any atom is 0.487 e. The van der Waals surface area contributed by atoms with E-state index in [0.717, 1.165) is 18.2 Å². The Kier molecular flexibility index (Phi) is 3.54. The van der Waals surface area contributed by atoms with Crippen LogP contribution in [0.5, 0.6) is 0 Å². The van der Waals surface area contributed by atoms with Crippen molar-refractivity contribution in [3.8, 4) is 0 Å². The molecule has 0 saturated carbocycles. The fourth-order valence-electron chi connectivity index (χ4n) is 1.79. The van der Waals surface area contributed by atoms with E-state index in [1.54, 1.807) is 5.98 Å². The number of hydrogen-bond acceptors (Lipinski definition) is 2. The fraction of sp³-hybridized carbons (Fsp3) is 0.429. The Morgan fingerprint density at radius 1 is 1.05 bits per heavy atom. The Balaban J connectivity index is 2.15. The standard InChI is InChI=1S/C14H17BF2O2/c1-13(2)14(3,4)19-15(18-13)8-7-10-9-11(16)5-6-12(10)17/h5-9H,1-4H3/b8-7+. The van der Waals surface area contributed by atoms with Crippen molar-refractivity contribution in [3.05, 3.63) is 41.4 Å². The molecule has 0 N–H and O–H groups in total. The Hall–Kier alpha value is -1.20. The third-order valence-corrected chi connectivity index (χ3v) is 3.66. The van der Waals surface area contributed by atoms with E-state index in [4.69, 9.17) is 9.31 Å². The summed E-state index contributed by atoms with van der Waals surface area (Å²) in [4.78, 5) is 0. The normalized spacial score (nSPS) is 21.3. The van der Waals surface area contributed by atoms with Gasteiger partial charge in [-0.1, -0.05) is 12.1 Å². The summed E-state index contributed by atoms with van der Waals surface area (Å²) in [7, 11) is -0.562. The zero-order valence-corrected chi connectivity index (χ0v) is 11.5. The van der Waals surface area contributed by atoms with Crippen LogP contribution in [-0.2, 0) is 9.31 Å². The van der Waals surface area contributed by atoms with Gasteiger partial charge in [-0.2, -0.15) is 0 Å². The molecular weight excluding hydrogens is 249 g/mol. The first-order valence-electron chi connectivity index (χ1n) is 6.20. The molecule has 0 amide bonds. The van der Waals surface area contributed by atoms with Gasteiger partial charge in [-0.3, -0.25) is 0 Å². The lowest BCUT2D eigenvalue weighted by Gasteiger charge is -2.32. The Morgan fingerprint density at radius 2 is 1.63 bits per heavy atom. The van der Waals surface area contributed by atoms with Gasteiger partial charge in [0.15, 0.2) is 0 Å². The topological polar surface area (TPSA) is 18.5 Å². The van der Waals surface area contributed by atoms with Crippen molar-refractivity contribution in [2.24, 2.45) is 0 Å². The van der Waals surface area contributed by atoms with Crippen LogP contribution < -0.4 is 0 Å². The zero-order valence-electron chi connectivity index (χ0n) is 11.5. The van der Waals surface area contributed by atoms with Crippen molar-refractivity contribution in [3.63, 3.8) is 0 Å². The molecule has 0 radical (unpaired) electrons. The van der Waals surface area contributed by atoms with Gasteiger partial charge in [0.25, 0.3) is 0 Å². The summed E-state index contributed by atoms with van der Waals surface area (Å²) in [6.45, 7) is 7.74. The number of hydrogen-bond donors (Lipinski definition) is 0. The van der Waals surface area contributed by atoms with Gasteiger partial charge < -0.3 is 9.31 Å². The molecule has 1 aromatic rings. The summed E-state index contributed by atoms with van der Waals surface area (Å²) in [6, 6.07) is 3.32. The molecule has 2 rings (SSSR count). The minimum absolute atomic E-state index is 0.176. The van der Waals surface area contributed by atoms with Crippen LogP contribution in [0, 0.1) is 11.6 Å². The van der Waals surface area contributed by atoms with Crippen molar-refractivity contribution < 1.29 is 18.1 Å². The monoisotopic (exact) mass is 266 g/mol. The first-order chi connectivity index (χ1) is 8.71. The number of halogens is 2. The van der Waals surface area contributed by atoms with Gasteiger partial charge in [0.2, 0.25) is 0 Å². The van der Waals surface area contributed by atoms with Gasteiger partial charge in [0.05, 0.1) is 11.2 Å². The smallest absolute Gasteiger partial charge is 0.400 e. The number of rotatable bonds is 2. The molecule has 0 bridgehead atoms. The summed E-state index contributed by atoms with van der Waals surface area (Å²) in [5.41, 5.74) is -0.708. The van der Waals surface area contributed by atoms with E-state index in [-0.39, 0.29) is 5.56 Å². The lowest BCUT2D eigenvalue weighted by Crippen LogP contribution is -2.41. The molecule has 0 unspecified atom stereocenters. The molecule has 102 valence electrons. The average molecular weight is 266 g/mol. The van der Waals surface area contributed by atoms with Crippen LogP contribution in [0.3, 0.4) is 0 Å². The van der Waals surface area contributed by atoms with Gasteiger partial charge in [0, 0.05) is 5.56 Å². The minimum Gasteiger partial charge on any atom is -0.400 e. The maximum atomic E-state index is 13.4. The molecule has 0 aliphatic carbocycles. The molecule has 1 saturated heterocycles. The van der Waals surface area contributed by atoms with Crippen LogP contribution in [0.25, 0.3) is 6.08 Å². The predicted molar refractivity (Wildman–Crippen MR) is 71.5 cm³/mol. The maximum absolute atomic E-state index is 13.4. The largest absolute Gasteiger partial charge is 0.487 e. The van der Waals surface area contributed by atoms with Crippen LogP contribution >= 0.6 is 0 Å². The van der Waals surface area contributed by atoms with Crippen LogP contribution in [0.1, 0.15) is 33.3 Å². The van der Waals surface area contributed by atoms with E-state index in [1.165, 1.54) is 6.08 Å².